The molecule has 1 amide bonds. The number of hydrogen-bond acceptors (Lipinski definition) is 5. The highest BCUT2D eigenvalue weighted by atomic mass is 32.1. The Labute approximate surface area is 192 Å². The van der Waals surface area contributed by atoms with Gasteiger partial charge in [-0.1, -0.05) is 19.9 Å². The van der Waals surface area contributed by atoms with Gasteiger partial charge in [0, 0.05) is 17.2 Å². The van der Waals surface area contributed by atoms with E-state index in [0.29, 0.717) is 17.4 Å². The third-order valence-corrected chi connectivity index (χ3v) is 6.57. The molecular weight excluding hydrogens is 420 g/mol. The van der Waals surface area contributed by atoms with E-state index in [-0.39, 0.29) is 12.5 Å². The first-order valence-corrected chi connectivity index (χ1v) is 11.8. The molecule has 1 aromatic heterocycles. The summed E-state index contributed by atoms with van der Waals surface area (Å²) in [6.45, 7) is 8.58. The lowest BCUT2D eigenvalue weighted by atomic mass is 10.1. The third kappa shape index (κ3) is 4.67. The lowest BCUT2D eigenvalue weighted by Gasteiger charge is -2.18. The maximum Gasteiger partial charge on any atom is 0.262 e. The third-order valence-electron chi connectivity index (χ3n) is 5.75. The van der Waals surface area contributed by atoms with Gasteiger partial charge in [-0.2, -0.15) is 5.10 Å². The molecular formula is C25H28N4O2S. The Morgan fingerprint density at radius 3 is 2.72 bits per heavy atom. The zero-order valence-electron chi connectivity index (χ0n) is 18.9. The van der Waals surface area contributed by atoms with E-state index in [1.54, 1.807) is 11.3 Å². The second-order valence-corrected chi connectivity index (χ2v) is 8.82. The van der Waals surface area contributed by atoms with Crippen LogP contribution in [0.5, 0.6) is 5.75 Å². The molecule has 0 aliphatic carbocycles. The number of thiazole rings is 1. The van der Waals surface area contributed by atoms with Crippen LogP contribution in [0.3, 0.4) is 0 Å². The summed E-state index contributed by atoms with van der Waals surface area (Å²) in [5.41, 5.74) is 5.89. The highest BCUT2D eigenvalue weighted by molar-refractivity contribution is 7.07. The molecule has 6 nitrogen and oxygen atoms in total. The molecule has 0 spiro atoms. The molecule has 1 N–H and O–H groups in total. The zero-order valence-corrected chi connectivity index (χ0v) is 19.7. The molecule has 2 heterocycles. The quantitative estimate of drug-likeness (QED) is 0.494. The molecule has 7 heteroatoms. The molecule has 0 atom stereocenters. The first kappa shape index (κ1) is 22.0. The van der Waals surface area contributed by atoms with Crippen LogP contribution in [0.15, 0.2) is 51.9 Å². The van der Waals surface area contributed by atoms with Gasteiger partial charge in [-0.15, -0.1) is 11.3 Å². The maximum absolute atomic E-state index is 11.8. The summed E-state index contributed by atoms with van der Waals surface area (Å²) in [6.07, 6.45) is 4.08. The molecule has 0 saturated heterocycles. The van der Waals surface area contributed by atoms with Crippen molar-refractivity contribution in [1.82, 2.24) is 4.68 Å². The number of aryl methyl sites for hydroxylation is 2. The van der Waals surface area contributed by atoms with Crippen LogP contribution < -0.4 is 14.9 Å². The molecule has 32 heavy (non-hydrogen) atoms. The summed E-state index contributed by atoms with van der Waals surface area (Å²) in [7, 11) is 0. The van der Waals surface area contributed by atoms with Gasteiger partial charge in [0.15, 0.2) is 6.61 Å². The molecule has 1 aliphatic heterocycles. The number of carbonyl (C=O) groups excluding carboxylic acids is 1. The van der Waals surface area contributed by atoms with Crippen molar-refractivity contribution in [1.29, 1.82) is 0 Å². The number of amides is 1. The fourth-order valence-corrected chi connectivity index (χ4v) is 4.35. The van der Waals surface area contributed by atoms with Crippen LogP contribution in [0.4, 0.5) is 11.4 Å². The van der Waals surface area contributed by atoms with E-state index in [4.69, 9.17) is 14.8 Å². The number of anilines is 1. The van der Waals surface area contributed by atoms with E-state index in [2.05, 4.69) is 50.5 Å². The van der Waals surface area contributed by atoms with Crippen LogP contribution in [0.2, 0.25) is 0 Å². The predicted octanol–water partition coefficient (Wildman–Crippen LogP) is 5.67. The Balaban J connectivity index is 1.82. The van der Waals surface area contributed by atoms with Crippen molar-refractivity contribution < 1.29 is 9.53 Å². The number of rotatable bonds is 6. The standard InChI is InChI=1S/C25H28N4O2S/c1-5-18(6-2)13-26-29-22(19-8-10-23-21(12-19)28-24(30)14-31-23)15-32-25(29)27-20-9-7-16(3)17(4)11-20/h7-13,15,18H,5-6,14H2,1-4H3,(H,28,30). The Hall–Kier alpha value is -3.19. The number of nitrogens with zero attached hydrogens (tertiary/aromatic N) is 3. The van der Waals surface area contributed by atoms with Crippen molar-refractivity contribution in [3.05, 3.63) is 57.7 Å². The van der Waals surface area contributed by atoms with Crippen molar-refractivity contribution in [2.24, 2.45) is 16.0 Å². The Morgan fingerprint density at radius 2 is 1.97 bits per heavy atom. The van der Waals surface area contributed by atoms with Crippen LogP contribution in [0.25, 0.3) is 11.3 Å². The van der Waals surface area contributed by atoms with Crippen LogP contribution in [0.1, 0.15) is 37.8 Å². The van der Waals surface area contributed by atoms with E-state index in [1.807, 2.05) is 35.2 Å². The van der Waals surface area contributed by atoms with Gasteiger partial charge in [-0.3, -0.25) is 4.79 Å². The minimum absolute atomic E-state index is 0.0451. The number of ether oxygens (including phenoxy) is 1. The van der Waals surface area contributed by atoms with E-state index in [0.717, 1.165) is 34.6 Å². The fourth-order valence-electron chi connectivity index (χ4n) is 3.50. The Bertz CT molecular complexity index is 1230. The van der Waals surface area contributed by atoms with Gasteiger partial charge in [0.1, 0.15) is 5.75 Å². The van der Waals surface area contributed by atoms with Crippen LogP contribution >= 0.6 is 11.3 Å². The number of benzene rings is 2. The Kier molecular flexibility index (Phi) is 6.55. The lowest BCUT2D eigenvalue weighted by molar-refractivity contribution is -0.118. The van der Waals surface area contributed by atoms with Crippen LogP contribution in [0, 0.1) is 19.8 Å². The number of carbonyl (C=O) groups is 1. The minimum Gasteiger partial charge on any atom is -0.482 e. The van der Waals surface area contributed by atoms with E-state index >= 15 is 0 Å². The van der Waals surface area contributed by atoms with Crippen LogP contribution in [-0.2, 0) is 4.79 Å². The lowest BCUT2D eigenvalue weighted by Crippen LogP contribution is -2.25. The number of nitrogens with one attached hydrogen (secondary N) is 1. The van der Waals surface area contributed by atoms with Crippen molar-refractivity contribution in [2.75, 3.05) is 11.9 Å². The number of hydrogen-bond donors (Lipinski definition) is 1. The minimum atomic E-state index is -0.148. The van der Waals surface area contributed by atoms with E-state index < -0.39 is 0 Å². The highest BCUT2D eigenvalue weighted by Crippen LogP contribution is 2.33. The fraction of sp³-hybridized carbons (Fsp3) is 0.320. The van der Waals surface area contributed by atoms with E-state index in [9.17, 15) is 4.79 Å². The molecule has 3 aromatic rings. The monoisotopic (exact) mass is 448 g/mol. The maximum atomic E-state index is 11.8. The summed E-state index contributed by atoms with van der Waals surface area (Å²) < 4.78 is 7.40. The Morgan fingerprint density at radius 1 is 1.16 bits per heavy atom. The predicted molar refractivity (Wildman–Crippen MR) is 131 cm³/mol. The molecule has 0 saturated carbocycles. The van der Waals surface area contributed by atoms with Crippen molar-refractivity contribution in [3.8, 4) is 17.0 Å². The summed E-state index contributed by atoms with van der Waals surface area (Å²) in [5, 5.41) is 9.77. The van der Waals surface area contributed by atoms with Gasteiger partial charge < -0.3 is 10.1 Å². The molecule has 166 valence electrons. The molecule has 1 aliphatic rings. The second kappa shape index (κ2) is 9.53. The number of aromatic nitrogens is 1. The molecule has 0 bridgehead atoms. The normalized spacial score (nSPS) is 14.0. The second-order valence-electron chi connectivity index (χ2n) is 7.98. The zero-order chi connectivity index (χ0) is 22.7. The van der Waals surface area contributed by atoms with Gasteiger partial charge in [0.2, 0.25) is 4.80 Å². The van der Waals surface area contributed by atoms with E-state index in [1.165, 1.54) is 11.1 Å². The van der Waals surface area contributed by atoms with Crippen molar-refractivity contribution in [3.63, 3.8) is 0 Å². The summed E-state index contributed by atoms with van der Waals surface area (Å²) in [4.78, 5) is 17.5. The molecule has 0 radical (unpaired) electrons. The molecule has 0 unspecified atom stereocenters. The largest absolute Gasteiger partial charge is 0.482 e. The van der Waals surface area contributed by atoms with Crippen molar-refractivity contribution >= 4 is 34.8 Å². The van der Waals surface area contributed by atoms with Crippen LogP contribution in [-0.4, -0.2) is 23.4 Å². The molecule has 2 aromatic carbocycles. The van der Waals surface area contributed by atoms with Gasteiger partial charge in [-0.05, 0) is 74.1 Å². The first-order chi connectivity index (χ1) is 15.5. The summed E-state index contributed by atoms with van der Waals surface area (Å²) >= 11 is 1.54. The highest BCUT2D eigenvalue weighted by Gasteiger charge is 2.18. The topological polar surface area (TPSA) is 68.0 Å². The van der Waals surface area contributed by atoms with Gasteiger partial charge >= 0.3 is 0 Å². The summed E-state index contributed by atoms with van der Waals surface area (Å²) in [5.74, 6) is 0.932. The first-order valence-electron chi connectivity index (χ1n) is 10.9. The van der Waals surface area contributed by atoms with Gasteiger partial charge in [0.05, 0.1) is 17.1 Å². The molecule has 4 rings (SSSR count). The smallest absolute Gasteiger partial charge is 0.262 e. The van der Waals surface area contributed by atoms with Crippen molar-refractivity contribution in [2.45, 2.75) is 40.5 Å². The average molecular weight is 449 g/mol. The molecule has 0 fully saturated rings. The van der Waals surface area contributed by atoms with Gasteiger partial charge in [-0.25, -0.2) is 9.67 Å². The number of fused-ring (bicyclic) bond motifs is 1. The SMILES string of the molecule is CCC(C=Nn1c(-c2ccc3c(c2)NC(=O)CO3)csc1=Nc1ccc(C)c(C)c1)CC. The average Bonchev–Trinajstić information content (AvgIpc) is 3.18. The summed E-state index contributed by atoms with van der Waals surface area (Å²) in [6, 6.07) is 12.0. The van der Waals surface area contributed by atoms with Gasteiger partial charge in [0.25, 0.3) is 5.91 Å².